The van der Waals surface area contributed by atoms with Gasteiger partial charge in [-0.25, -0.2) is 4.98 Å². The molecule has 0 unspecified atom stereocenters. The van der Waals surface area contributed by atoms with Gasteiger partial charge in [0.05, 0.1) is 23.9 Å². The van der Waals surface area contributed by atoms with Crippen LogP contribution < -0.4 is 10.6 Å². The molecule has 3 N–H and O–H groups in total. The molecule has 0 amide bonds. The van der Waals surface area contributed by atoms with Crippen molar-refractivity contribution < 1.29 is 22.7 Å². The fourth-order valence-corrected chi connectivity index (χ4v) is 4.83. The van der Waals surface area contributed by atoms with Crippen molar-refractivity contribution in [2.45, 2.75) is 59.2 Å². The average Bonchev–Trinajstić information content (AvgIpc) is 3.33. The van der Waals surface area contributed by atoms with Gasteiger partial charge in [0.15, 0.2) is 5.58 Å². The first kappa shape index (κ1) is 25.2. The standard InChI is InChI=1S/C25H32F3N5O2/c1-5-18-8-16-10-20(35-21(16)11-30-18)22-15(4)31-24(29-7-6-25(26,27)28)33-23(22)32-19-9-17(12-34)13(2)14(19)3/h8,10-11,13-14,17,19,34H,5-7,9,12H2,1-4H3,(H2,29,31,32,33)/t13-,14+,17+,19+/m0/s1. The lowest BCUT2D eigenvalue weighted by Gasteiger charge is -2.22. The van der Waals surface area contributed by atoms with Crippen LogP contribution in [0.2, 0.25) is 0 Å². The molecule has 0 aliphatic heterocycles. The minimum atomic E-state index is -4.27. The Balaban J connectivity index is 1.72. The Bertz CT molecular complexity index is 1180. The van der Waals surface area contributed by atoms with E-state index in [1.54, 1.807) is 13.1 Å². The number of furan rings is 1. The lowest BCUT2D eigenvalue weighted by molar-refractivity contribution is -0.131. The highest BCUT2D eigenvalue weighted by molar-refractivity contribution is 5.86. The third-order valence-electron chi connectivity index (χ3n) is 7.17. The SMILES string of the molecule is CCc1cc2cc(-c3c(C)nc(NCCC(F)(F)F)nc3N[C@@H]3C[C@H](CO)[C@@H](C)[C@H]3C)oc2cn1. The van der Waals surface area contributed by atoms with Gasteiger partial charge in [-0.1, -0.05) is 20.8 Å². The summed E-state index contributed by atoms with van der Waals surface area (Å²) in [5.41, 5.74) is 2.83. The minimum Gasteiger partial charge on any atom is -0.454 e. The van der Waals surface area contributed by atoms with Gasteiger partial charge in [0, 0.05) is 30.3 Å². The molecule has 0 radical (unpaired) electrons. The molecule has 3 heterocycles. The Hall–Kier alpha value is -2.88. The highest BCUT2D eigenvalue weighted by atomic mass is 19.4. The van der Waals surface area contributed by atoms with Crippen LogP contribution >= 0.6 is 0 Å². The van der Waals surface area contributed by atoms with E-state index in [1.807, 2.05) is 19.1 Å². The lowest BCUT2D eigenvalue weighted by atomic mass is 9.92. The number of alkyl halides is 3. The van der Waals surface area contributed by atoms with Crippen molar-refractivity contribution >= 4 is 22.7 Å². The number of nitrogens with zero attached hydrogens (tertiary/aromatic N) is 3. The van der Waals surface area contributed by atoms with Crippen molar-refractivity contribution in [3.8, 4) is 11.3 Å². The molecule has 7 nitrogen and oxygen atoms in total. The van der Waals surface area contributed by atoms with Crippen LogP contribution in [0.1, 0.15) is 45.0 Å². The topological polar surface area (TPSA) is 96.1 Å². The van der Waals surface area contributed by atoms with Gasteiger partial charge in [-0.05, 0) is 49.7 Å². The van der Waals surface area contributed by atoms with Crippen LogP contribution in [-0.2, 0) is 6.42 Å². The molecule has 3 aromatic heterocycles. The van der Waals surface area contributed by atoms with Crippen LogP contribution in [0.25, 0.3) is 22.3 Å². The molecule has 190 valence electrons. The van der Waals surface area contributed by atoms with Crippen LogP contribution in [0.15, 0.2) is 22.7 Å². The number of nitrogens with one attached hydrogen (secondary N) is 2. The molecule has 0 aromatic carbocycles. The quantitative estimate of drug-likeness (QED) is 0.378. The van der Waals surface area contributed by atoms with Gasteiger partial charge in [-0.15, -0.1) is 0 Å². The molecule has 1 aliphatic carbocycles. The van der Waals surface area contributed by atoms with Gasteiger partial charge >= 0.3 is 6.18 Å². The summed E-state index contributed by atoms with van der Waals surface area (Å²) in [7, 11) is 0. The summed E-state index contributed by atoms with van der Waals surface area (Å²) in [4.78, 5) is 13.4. The Kier molecular flexibility index (Phi) is 7.21. The average molecular weight is 492 g/mol. The second-order valence-electron chi connectivity index (χ2n) is 9.47. The fraction of sp³-hybridized carbons (Fsp3) is 0.560. The van der Waals surface area contributed by atoms with E-state index in [2.05, 4.69) is 39.4 Å². The fourth-order valence-electron chi connectivity index (χ4n) is 4.83. The number of anilines is 2. The maximum absolute atomic E-state index is 12.6. The zero-order valence-corrected chi connectivity index (χ0v) is 20.4. The van der Waals surface area contributed by atoms with E-state index >= 15 is 0 Å². The molecule has 0 saturated heterocycles. The minimum absolute atomic E-state index is 0.0379. The van der Waals surface area contributed by atoms with E-state index < -0.39 is 12.6 Å². The number of aromatic nitrogens is 3. The van der Waals surface area contributed by atoms with Crippen molar-refractivity contribution in [2.24, 2.45) is 17.8 Å². The number of aryl methyl sites for hydroxylation is 2. The van der Waals surface area contributed by atoms with E-state index in [4.69, 9.17) is 4.42 Å². The van der Waals surface area contributed by atoms with Crippen LogP contribution in [0.3, 0.4) is 0 Å². The zero-order valence-electron chi connectivity index (χ0n) is 20.4. The third-order valence-corrected chi connectivity index (χ3v) is 7.17. The number of halogens is 3. The Labute approximate surface area is 202 Å². The molecule has 0 spiro atoms. The van der Waals surface area contributed by atoms with E-state index in [0.717, 1.165) is 23.9 Å². The largest absolute Gasteiger partial charge is 0.454 e. The van der Waals surface area contributed by atoms with E-state index in [9.17, 15) is 18.3 Å². The first-order valence-electron chi connectivity index (χ1n) is 12.0. The maximum Gasteiger partial charge on any atom is 0.390 e. The number of aliphatic hydroxyl groups excluding tert-OH is 1. The predicted octanol–water partition coefficient (Wildman–Crippen LogP) is 5.58. The summed E-state index contributed by atoms with van der Waals surface area (Å²) >= 11 is 0. The molecule has 1 saturated carbocycles. The smallest absolute Gasteiger partial charge is 0.390 e. The van der Waals surface area contributed by atoms with E-state index in [-0.39, 0.29) is 37.0 Å². The van der Waals surface area contributed by atoms with Crippen LogP contribution in [-0.4, -0.2) is 45.4 Å². The Morgan fingerprint density at radius 2 is 1.94 bits per heavy atom. The number of pyridine rings is 1. The number of aliphatic hydroxyl groups is 1. The Morgan fingerprint density at radius 1 is 1.17 bits per heavy atom. The number of fused-ring (bicyclic) bond motifs is 1. The van der Waals surface area contributed by atoms with Crippen LogP contribution in [0.5, 0.6) is 0 Å². The van der Waals surface area contributed by atoms with Crippen molar-refractivity contribution in [2.75, 3.05) is 23.8 Å². The summed E-state index contributed by atoms with van der Waals surface area (Å²) < 4.78 is 44.0. The highest BCUT2D eigenvalue weighted by Gasteiger charge is 2.38. The molecule has 0 bridgehead atoms. The van der Waals surface area contributed by atoms with Crippen molar-refractivity contribution in [1.29, 1.82) is 0 Å². The summed E-state index contributed by atoms with van der Waals surface area (Å²) in [6, 6.07) is 3.93. The van der Waals surface area contributed by atoms with E-state index in [1.165, 1.54) is 0 Å². The van der Waals surface area contributed by atoms with Crippen LogP contribution in [0, 0.1) is 24.7 Å². The lowest BCUT2D eigenvalue weighted by Crippen LogP contribution is -2.25. The van der Waals surface area contributed by atoms with Crippen LogP contribution in [0.4, 0.5) is 24.9 Å². The van der Waals surface area contributed by atoms with E-state index in [0.29, 0.717) is 34.3 Å². The van der Waals surface area contributed by atoms with Crippen molar-refractivity contribution in [1.82, 2.24) is 15.0 Å². The van der Waals surface area contributed by atoms with Crippen molar-refractivity contribution in [3.05, 3.63) is 29.7 Å². The summed E-state index contributed by atoms with van der Waals surface area (Å²) in [5.74, 6) is 1.94. The number of rotatable bonds is 8. The molecule has 1 fully saturated rings. The van der Waals surface area contributed by atoms with Crippen molar-refractivity contribution in [3.63, 3.8) is 0 Å². The summed E-state index contributed by atoms with van der Waals surface area (Å²) in [5, 5.41) is 16.9. The van der Waals surface area contributed by atoms with Gasteiger partial charge in [0.1, 0.15) is 11.6 Å². The van der Waals surface area contributed by atoms with Gasteiger partial charge < -0.3 is 20.2 Å². The normalized spacial score (nSPS) is 22.6. The molecular weight excluding hydrogens is 459 g/mol. The molecule has 4 rings (SSSR count). The number of hydrogen-bond acceptors (Lipinski definition) is 7. The molecular formula is C25H32F3N5O2. The second-order valence-corrected chi connectivity index (χ2v) is 9.47. The highest BCUT2D eigenvalue weighted by Crippen LogP contribution is 2.41. The first-order valence-corrected chi connectivity index (χ1v) is 12.0. The molecule has 10 heteroatoms. The Morgan fingerprint density at radius 3 is 2.60 bits per heavy atom. The van der Waals surface area contributed by atoms with Gasteiger partial charge in [-0.3, -0.25) is 4.98 Å². The first-order chi connectivity index (χ1) is 16.6. The number of hydrogen-bond donors (Lipinski definition) is 3. The third kappa shape index (κ3) is 5.52. The molecule has 3 aromatic rings. The second kappa shape index (κ2) is 10.0. The monoisotopic (exact) mass is 491 g/mol. The summed E-state index contributed by atoms with van der Waals surface area (Å²) in [6.07, 6.45) is -1.99. The van der Waals surface area contributed by atoms with Gasteiger partial charge in [-0.2, -0.15) is 18.2 Å². The molecule has 4 atom stereocenters. The predicted molar refractivity (Wildman–Crippen MR) is 129 cm³/mol. The maximum atomic E-state index is 12.6. The summed E-state index contributed by atoms with van der Waals surface area (Å²) in [6.45, 7) is 7.87. The van der Waals surface area contributed by atoms with Gasteiger partial charge in [0.2, 0.25) is 5.95 Å². The van der Waals surface area contributed by atoms with Gasteiger partial charge in [0.25, 0.3) is 0 Å². The molecule has 1 aliphatic rings. The zero-order chi connectivity index (χ0) is 25.3. The molecule has 35 heavy (non-hydrogen) atoms.